The summed E-state index contributed by atoms with van der Waals surface area (Å²) in [6.45, 7) is 6.49. The van der Waals surface area contributed by atoms with Crippen molar-refractivity contribution < 1.29 is 23.1 Å². The average molecular weight is 336 g/mol. The number of ether oxygens (including phenoxy) is 1. The second kappa shape index (κ2) is 8.12. The van der Waals surface area contributed by atoms with Gasteiger partial charge in [0.05, 0.1) is 12.4 Å². The molecule has 22 heavy (non-hydrogen) atoms. The first kappa shape index (κ1) is 19.2. The van der Waals surface area contributed by atoms with E-state index in [2.05, 4.69) is 4.72 Å². The lowest BCUT2D eigenvalue weighted by atomic mass is 9.96. The number of carbonyl (C=O) groups excluding carboxylic acids is 1. The smallest absolute Gasteiger partial charge is 0.410 e. The Morgan fingerprint density at radius 2 is 2.09 bits per heavy atom. The molecule has 0 bridgehead atoms. The van der Waals surface area contributed by atoms with Crippen molar-refractivity contribution in [3.63, 3.8) is 0 Å². The maximum absolute atomic E-state index is 12.0. The van der Waals surface area contributed by atoms with Crippen LogP contribution in [0.3, 0.4) is 0 Å². The Morgan fingerprint density at radius 3 is 2.68 bits per heavy atom. The summed E-state index contributed by atoms with van der Waals surface area (Å²) in [5.41, 5.74) is -0.526. The van der Waals surface area contributed by atoms with Gasteiger partial charge in [-0.3, -0.25) is 0 Å². The minimum atomic E-state index is -3.35. The van der Waals surface area contributed by atoms with Crippen LogP contribution in [0.2, 0.25) is 0 Å². The van der Waals surface area contributed by atoms with Gasteiger partial charge in [-0.2, -0.15) is 0 Å². The van der Waals surface area contributed by atoms with E-state index >= 15 is 0 Å². The molecule has 8 heteroatoms. The van der Waals surface area contributed by atoms with Crippen LogP contribution in [0.25, 0.3) is 0 Å². The lowest BCUT2D eigenvalue weighted by Gasteiger charge is -2.34. The molecule has 0 saturated carbocycles. The number of aliphatic hydroxyl groups is 1. The van der Waals surface area contributed by atoms with Crippen molar-refractivity contribution in [2.24, 2.45) is 5.92 Å². The normalized spacial score (nSPS) is 20.0. The molecule has 0 spiro atoms. The average Bonchev–Trinajstić information content (AvgIpc) is 2.42. The largest absolute Gasteiger partial charge is 0.444 e. The van der Waals surface area contributed by atoms with Crippen molar-refractivity contribution in [3.05, 3.63) is 0 Å². The first-order valence-electron chi connectivity index (χ1n) is 7.69. The quantitative estimate of drug-likeness (QED) is 0.752. The molecule has 1 saturated heterocycles. The van der Waals surface area contributed by atoms with Gasteiger partial charge in [-0.25, -0.2) is 17.9 Å². The fourth-order valence-corrected chi connectivity index (χ4v) is 3.58. The minimum absolute atomic E-state index is 0.0137. The molecular formula is C14H28N2O5S. The van der Waals surface area contributed by atoms with Gasteiger partial charge in [0.25, 0.3) is 0 Å². The van der Waals surface area contributed by atoms with Crippen LogP contribution in [0.15, 0.2) is 0 Å². The lowest BCUT2D eigenvalue weighted by Crippen LogP contribution is -2.43. The second-order valence-corrected chi connectivity index (χ2v) is 8.59. The summed E-state index contributed by atoms with van der Waals surface area (Å²) < 4.78 is 31.1. The number of rotatable bonds is 6. The van der Waals surface area contributed by atoms with Crippen molar-refractivity contribution in [2.75, 3.05) is 32.0 Å². The summed E-state index contributed by atoms with van der Waals surface area (Å²) in [5.74, 6) is 0.173. The number of nitrogens with zero attached hydrogens (tertiary/aromatic N) is 1. The molecule has 0 aromatic rings. The number of hydrogen-bond donors (Lipinski definition) is 2. The Morgan fingerprint density at radius 1 is 1.41 bits per heavy atom. The van der Waals surface area contributed by atoms with E-state index in [9.17, 15) is 13.2 Å². The maximum atomic E-state index is 12.0. The Balaban J connectivity index is 2.45. The predicted octanol–water partition coefficient (Wildman–Crippen LogP) is 0.935. The highest BCUT2D eigenvalue weighted by Gasteiger charge is 2.28. The first-order chi connectivity index (χ1) is 10.1. The van der Waals surface area contributed by atoms with Crippen molar-refractivity contribution in [2.45, 2.75) is 45.6 Å². The molecule has 1 rings (SSSR count). The van der Waals surface area contributed by atoms with Crippen LogP contribution in [0.1, 0.15) is 40.0 Å². The standard InChI is InChI=1S/C14H28N2O5S/c1-14(2,3)21-13(18)16-8-4-5-12(11-16)6-10-22(19,20)15-7-9-17/h12,15,17H,4-11H2,1-3H3. The maximum Gasteiger partial charge on any atom is 0.410 e. The van der Waals surface area contributed by atoms with Gasteiger partial charge in [0, 0.05) is 19.6 Å². The van der Waals surface area contributed by atoms with Crippen LogP contribution in [0.5, 0.6) is 0 Å². The van der Waals surface area contributed by atoms with Crippen molar-refractivity contribution in [1.82, 2.24) is 9.62 Å². The molecule has 1 heterocycles. The van der Waals surface area contributed by atoms with E-state index in [0.29, 0.717) is 19.5 Å². The number of nitrogens with one attached hydrogen (secondary N) is 1. The summed E-state index contributed by atoms with van der Waals surface area (Å²) >= 11 is 0. The van der Waals surface area contributed by atoms with Crippen LogP contribution in [-0.4, -0.2) is 62.1 Å². The summed E-state index contributed by atoms with van der Waals surface area (Å²) in [6.07, 6.45) is 1.93. The Hall–Kier alpha value is -0.860. The van der Waals surface area contributed by atoms with Gasteiger partial charge in [-0.1, -0.05) is 0 Å². The molecule has 0 radical (unpaired) electrons. The molecule has 1 fully saturated rings. The van der Waals surface area contributed by atoms with Gasteiger partial charge in [0.15, 0.2) is 0 Å². The van der Waals surface area contributed by atoms with Gasteiger partial charge in [-0.15, -0.1) is 0 Å². The summed E-state index contributed by atoms with van der Waals surface area (Å²) in [6, 6.07) is 0. The highest BCUT2D eigenvalue weighted by Crippen LogP contribution is 2.22. The number of hydrogen-bond acceptors (Lipinski definition) is 5. The third kappa shape index (κ3) is 7.42. The van der Waals surface area contributed by atoms with Gasteiger partial charge < -0.3 is 14.7 Å². The second-order valence-electron chi connectivity index (χ2n) is 6.66. The van der Waals surface area contributed by atoms with Crippen LogP contribution >= 0.6 is 0 Å². The molecule has 2 N–H and O–H groups in total. The van der Waals surface area contributed by atoms with E-state index in [4.69, 9.17) is 9.84 Å². The number of amides is 1. The van der Waals surface area contributed by atoms with Crippen LogP contribution in [-0.2, 0) is 14.8 Å². The highest BCUT2D eigenvalue weighted by atomic mass is 32.2. The molecule has 1 amide bonds. The molecule has 1 unspecified atom stereocenters. The lowest BCUT2D eigenvalue weighted by molar-refractivity contribution is 0.0165. The number of likely N-dealkylation sites (tertiary alicyclic amines) is 1. The van der Waals surface area contributed by atoms with Gasteiger partial charge in [0.1, 0.15) is 5.60 Å². The van der Waals surface area contributed by atoms with Crippen molar-refractivity contribution in [3.8, 4) is 0 Å². The third-order valence-electron chi connectivity index (χ3n) is 3.40. The van der Waals surface area contributed by atoms with E-state index in [-0.39, 0.29) is 30.9 Å². The molecule has 1 atom stereocenters. The van der Waals surface area contributed by atoms with Crippen LogP contribution in [0.4, 0.5) is 4.79 Å². The number of sulfonamides is 1. The third-order valence-corrected chi connectivity index (χ3v) is 4.82. The zero-order chi connectivity index (χ0) is 16.8. The SMILES string of the molecule is CC(C)(C)OC(=O)N1CCCC(CCS(=O)(=O)NCCO)C1. The van der Waals surface area contributed by atoms with E-state index in [1.165, 1.54) is 0 Å². The van der Waals surface area contributed by atoms with Crippen LogP contribution < -0.4 is 4.72 Å². The molecule has 7 nitrogen and oxygen atoms in total. The van der Waals surface area contributed by atoms with E-state index < -0.39 is 15.6 Å². The molecule has 0 aromatic carbocycles. The number of piperidine rings is 1. The zero-order valence-corrected chi connectivity index (χ0v) is 14.5. The van der Waals surface area contributed by atoms with Gasteiger partial charge in [0.2, 0.25) is 10.0 Å². The topological polar surface area (TPSA) is 95.9 Å². The summed E-state index contributed by atoms with van der Waals surface area (Å²) in [7, 11) is -3.35. The molecule has 0 aliphatic carbocycles. The fourth-order valence-electron chi connectivity index (χ4n) is 2.39. The van der Waals surface area contributed by atoms with Gasteiger partial charge in [-0.05, 0) is 46.0 Å². The molecular weight excluding hydrogens is 308 g/mol. The van der Waals surface area contributed by atoms with Crippen LogP contribution in [0, 0.1) is 5.92 Å². The summed E-state index contributed by atoms with van der Waals surface area (Å²) in [5, 5.41) is 8.65. The fraction of sp³-hybridized carbons (Fsp3) is 0.929. The summed E-state index contributed by atoms with van der Waals surface area (Å²) in [4.78, 5) is 13.7. The Bertz CT molecular complexity index is 458. The molecule has 1 aliphatic heterocycles. The Labute approximate surface area is 133 Å². The Kier molecular flexibility index (Phi) is 7.08. The molecule has 130 valence electrons. The highest BCUT2D eigenvalue weighted by molar-refractivity contribution is 7.89. The minimum Gasteiger partial charge on any atom is -0.444 e. The van der Waals surface area contributed by atoms with Crippen molar-refractivity contribution >= 4 is 16.1 Å². The molecule has 0 aromatic heterocycles. The van der Waals surface area contributed by atoms with E-state index in [1.807, 2.05) is 20.8 Å². The zero-order valence-electron chi connectivity index (χ0n) is 13.7. The predicted molar refractivity (Wildman–Crippen MR) is 84.0 cm³/mol. The number of carbonyl (C=O) groups is 1. The number of aliphatic hydroxyl groups excluding tert-OH is 1. The van der Waals surface area contributed by atoms with Gasteiger partial charge >= 0.3 is 6.09 Å². The van der Waals surface area contributed by atoms with E-state index in [0.717, 1.165) is 12.8 Å². The van der Waals surface area contributed by atoms with Crippen molar-refractivity contribution in [1.29, 1.82) is 0 Å². The first-order valence-corrected chi connectivity index (χ1v) is 9.34. The van der Waals surface area contributed by atoms with E-state index in [1.54, 1.807) is 4.90 Å². The molecule has 1 aliphatic rings. The monoisotopic (exact) mass is 336 g/mol.